The first-order valence-electron chi connectivity index (χ1n) is 11.1. The van der Waals surface area contributed by atoms with Crippen molar-refractivity contribution < 1.29 is 29.3 Å². The van der Waals surface area contributed by atoms with E-state index in [9.17, 15) is 29.8 Å². The molecular formula is C26H23BrN2O8S2. The molecule has 0 spiro atoms. The van der Waals surface area contributed by atoms with Gasteiger partial charge in [-0.2, -0.15) is 0 Å². The molecule has 0 bridgehead atoms. The van der Waals surface area contributed by atoms with Crippen LogP contribution >= 0.6 is 38.6 Å². The molecule has 2 aromatic carbocycles. The lowest BCUT2D eigenvalue weighted by Gasteiger charge is -2.04. The minimum Gasteiger partial charge on any atom is -0.506 e. The Morgan fingerprint density at radius 3 is 1.67 bits per heavy atom. The number of nitro groups is 2. The van der Waals surface area contributed by atoms with Gasteiger partial charge in [-0.3, -0.25) is 29.8 Å². The van der Waals surface area contributed by atoms with Crippen molar-refractivity contribution in [3.05, 3.63) is 114 Å². The van der Waals surface area contributed by atoms with Crippen LogP contribution in [0.4, 0.5) is 10.0 Å². The average molecular weight is 636 g/mol. The van der Waals surface area contributed by atoms with Crippen molar-refractivity contribution in [2.45, 2.75) is 25.8 Å². The van der Waals surface area contributed by atoms with E-state index < -0.39 is 9.85 Å². The van der Waals surface area contributed by atoms with Crippen LogP contribution in [0.2, 0.25) is 0 Å². The van der Waals surface area contributed by atoms with Crippen molar-refractivity contribution in [3.63, 3.8) is 0 Å². The van der Waals surface area contributed by atoms with Crippen LogP contribution in [0.25, 0.3) is 0 Å². The number of ether oxygens (including phenoxy) is 1. The van der Waals surface area contributed by atoms with Crippen LogP contribution < -0.4 is 4.74 Å². The van der Waals surface area contributed by atoms with Gasteiger partial charge in [0.25, 0.3) is 0 Å². The van der Waals surface area contributed by atoms with Gasteiger partial charge >= 0.3 is 10.0 Å². The lowest BCUT2D eigenvalue weighted by Crippen LogP contribution is -1.98. The van der Waals surface area contributed by atoms with E-state index >= 15 is 0 Å². The molecule has 10 nitrogen and oxygen atoms in total. The highest BCUT2D eigenvalue weighted by Crippen LogP contribution is 2.35. The lowest BCUT2D eigenvalue weighted by molar-refractivity contribution is -0.380. The monoisotopic (exact) mass is 634 g/mol. The van der Waals surface area contributed by atoms with Crippen LogP contribution in [0.15, 0.2) is 72.8 Å². The largest absolute Gasteiger partial charge is 0.506 e. The lowest BCUT2D eigenvalue weighted by atomic mass is 10.2. The number of Topliss-reactive ketones (excluding diaryl/α,β-unsaturated/α-hetero) is 2. The minimum absolute atomic E-state index is 0.0294. The van der Waals surface area contributed by atoms with E-state index in [1.54, 1.807) is 0 Å². The molecule has 204 valence electrons. The van der Waals surface area contributed by atoms with Crippen LogP contribution in [-0.2, 0) is 11.9 Å². The van der Waals surface area contributed by atoms with Gasteiger partial charge in [-0.1, -0.05) is 99.3 Å². The maximum absolute atomic E-state index is 11.4. The fourth-order valence-corrected chi connectivity index (χ4v) is 4.77. The van der Waals surface area contributed by atoms with Crippen LogP contribution in [0.5, 0.6) is 11.5 Å². The van der Waals surface area contributed by atoms with Gasteiger partial charge in [-0.05, 0) is 11.1 Å². The summed E-state index contributed by atoms with van der Waals surface area (Å²) in [4.78, 5) is 42.2. The van der Waals surface area contributed by atoms with Gasteiger partial charge < -0.3 is 9.84 Å². The average Bonchev–Trinajstić information content (AvgIpc) is 3.54. The van der Waals surface area contributed by atoms with Crippen LogP contribution in [0.3, 0.4) is 0 Å². The van der Waals surface area contributed by atoms with Crippen molar-refractivity contribution in [3.8, 4) is 11.5 Å². The molecule has 0 radical (unpaired) electrons. The van der Waals surface area contributed by atoms with E-state index in [-0.39, 0.29) is 49.4 Å². The number of alkyl halides is 1. The molecule has 0 atom stereocenters. The van der Waals surface area contributed by atoms with E-state index in [1.165, 1.54) is 25.5 Å². The summed E-state index contributed by atoms with van der Waals surface area (Å²) in [5.74, 6) is -0.654. The number of ketones is 2. The number of aromatic hydroxyl groups is 1. The van der Waals surface area contributed by atoms with Gasteiger partial charge in [0.15, 0.2) is 11.6 Å². The minimum atomic E-state index is -0.642. The summed E-state index contributed by atoms with van der Waals surface area (Å²) in [6.45, 7) is 2.88. The zero-order valence-corrected chi connectivity index (χ0v) is 24.0. The van der Waals surface area contributed by atoms with E-state index in [0.717, 1.165) is 28.3 Å². The molecule has 0 aliphatic carbocycles. The van der Waals surface area contributed by atoms with Crippen molar-refractivity contribution in [1.82, 2.24) is 0 Å². The molecule has 2 heterocycles. The van der Waals surface area contributed by atoms with Crippen molar-refractivity contribution in [2.75, 3.05) is 0 Å². The number of rotatable bonds is 8. The standard InChI is InChI=1S/C13H11NO4S.C7H7Br.C6H5NO4S/c1-9(15)13-11(7-12(19-13)14(16)17)18-8-10-5-3-2-4-6-10;8-6-7-4-2-1-3-5-7;1-3(8)6-4(9)2-5(12-6)7(10)11/h2-7H,8H2,1H3;1-5H,6H2;2,9H,1H3. The van der Waals surface area contributed by atoms with Gasteiger partial charge in [0.2, 0.25) is 0 Å². The molecule has 13 heteroatoms. The maximum atomic E-state index is 11.4. The Bertz CT molecular complexity index is 1420. The number of hydrogen-bond donors (Lipinski definition) is 1. The number of carbonyl (C=O) groups excluding carboxylic acids is 2. The Morgan fingerprint density at radius 2 is 1.28 bits per heavy atom. The van der Waals surface area contributed by atoms with E-state index in [0.29, 0.717) is 11.3 Å². The quantitative estimate of drug-likeness (QED) is 0.0901. The predicted octanol–water partition coefficient (Wildman–Crippen LogP) is 7.58. The second-order valence-electron chi connectivity index (χ2n) is 7.60. The summed E-state index contributed by atoms with van der Waals surface area (Å²) in [6, 6.07) is 22.0. The number of carbonyl (C=O) groups is 2. The molecule has 0 aliphatic rings. The molecule has 1 N–H and O–H groups in total. The molecule has 0 saturated heterocycles. The summed E-state index contributed by atoms with van der Waals surface area (Å²) in [5.41, 5.74) is 2.26. The highest BCUT2D eigenvalue weighted by atomic mass is 79.9. The van der Waals surface area contributed by atoms with Gasteiger partial charge in [-0.25, -0.2) is 0 Å². The Morgan fingerprint density at radius 1 is 0.821 bits per heavy atom. The fourth-order valence-electron chi connectivity index (χ4n) is 2.82. The summed E-state index contributed by atoms with van der Waals surface area (Å²) < 4.78 is 5.50. The van der Waals surface area contributed by atoms with E-state index in [4.69, 9.17) is 9.84 Å². The highest BCUT2D eigenvalue weighted by Gasteiger charge is 2.21. The predicted molar refractivity (Wildman–Crippen MR) is 153 cm³/mol. The van der Waals surface area contributed by atoms with Crippen LogP contribution in [0, 0.1) is 20.2 Å². The van der Waals surface area contributed by atoms with Crippen molar-refractivity contribution in [2.24, 2.45) is 0 Å². The SMILES string of the molecule is BrCc1ccccc1.CC(=O)c1sc([N+](=O)[O-])cc1O.CC(=O)c1sc([N+](=O)[O-])cc1OCc1ccccc1. The third kappa shape index (κ3) is 10.0. The Balaban J connectivity index is 0.000000227. The zero-order valence-electron chi connectivity index (χ0n) is 20.7. The highest BCUT2D eigenvalue weighted by molar-refractivity contribution is 9.08. The number of hydrogen-bond acceptors (Lipinski definition) is 10. The zero-order chi connectivity index (χ0) is 28.9. The number of benzene rings is 2. The normalized spacial score (nSPS) is 9.82. The van der Waals surface area contributed by atoms with Gasteiger partial charge in [0.05, 0.1) is 22.0 Å². The number of halogens is 1. The molecule has 0 amide bonds. The molecule has 0 fully saturated rings. The molecular weight excluding hydrogens is 612 g/mol. The van der Waals surface area contributed by atoms with Gasteiger partial charge in [0.1, 0.15) is 27.9 Å². The molecule has 0 saturated carbocycles. The first-order chi connectivity index (χ1) is 18.5. The summed E-state index contributed by atoms with van der Waals surface area (Å²) in [6.07, 6.45) is 0. The van der Waals surface area contributed by atoms with Crippen molar-refractivity contribution in [1.29, 1.82) is 0 Å². The van der Waals surface area contributed by atoms with Crippen molar-refractivity contribution >= 4 is 60.2 Å². The summed E-state index contributed by atoms with van der Waals surface area (Å²) >= 11 is 4.87. The van der Waals surface area contributed by atoms with E-state index in [2.05, 4.69) is 28.1 Å². The Hall–Kier alpha value is -3.94. The number of nitrogens with zero attached hydrogens (tertiary/aromatic N) is 2. The number of thiophene rings is 2. The van der Waals surface area contributed by atoms with Crippen LogP contribution in [-0.4, -0.2) is 26.5 Å². The molecule has 2 aromatic heterocycles. The topological polar surface area (TPSA) is 150 Å². The molecule has 0 unspecified atom stereocenters. The van der Waals surface area contributed by atoms with Gasteiger partial charge in [-0.15, -0.1) is 0 Å². The Kier molecular flexibility index (Phi) is 12.4. The van der Waals surface area contributed by atoms with Crippen LogP contribution in [0.1, 0.15) is 44.3 Å². The molecule has 4 aromatic rings. The third-order valence-electron chi connectivity index (χ3n) is 4.62. The maximum Gasteiger partial charge on any atom is 0.328 e. The second-order valence-corrected chi connectivity index (χ2v) is 10.2. The molecule has 4 rings (SSSR count). The fraction of sp³-hybridized carbons (Fsp3) is 0.154. The Labute approximate surface area is 239 Å². The van der Waals surface area contributed by atoms with Gasteiger partial charge in [0, 0.05) is 19.2 Å². The first kappa shape index (κ1) is 31.3. The first-order valence-corrected chi connectivity index (χ1v) is 13.8. The molecule has 0 aliphatic heterocycles. The molecule has 39 heavy (non-hydrogen) atoms. The third-order valence-corrected chi connectivity index (χ3v) is 7.61. The summed E-state index contributed by atoms with van der Waals surface area (Å²) in [7, 11) is 0. The smallest absolute Gasteiger partial charge is 0.328 e. The summed E-state index contributed by atoms with van der Waals surface area (Å²) in [5, 5.41) is 30.6. The second kappa shape index (κ2) is 15.5. The van der Waals surface area contributed by atoms with E-state index in [1.807, 2.05) is 48.5 Å².